The number of benzene rings is 1. The summed E-state index contributed by atoms with van der Waals surface area (Å²) in [6, 6.07) is 4.97. The van der Waals surface area contributed by atoms with Crippen molar-refractivity contribution in [1.29, 1.82) is 0 Å². The lowest BCUT2D eigenvalue weighted by Gasteiger charge is -2.31. The van der Waals surface area contributed by atoms with Gasteiger partial charge in [-0.2, -0.15) is 0 Å². The molecule has 2 nitrogen and oxygen atoms in total. The molecule has 3 rings (SSSR count). The molecule has 2 saturated heterocycles. The standard InChI is InChI=1S/C15H20F2N2.ClH/c1-10(15-13(16)3-2-4-14(15)17)19-8-7-11-5-6-12(9-19)18-11;/h2-4,10-12,18H,5-9H2,1H3;1H. The van der Waals surface area contributed by atoms with Crippen LogP contribution in [-0.2, 0) is 0 Å². The summed E-state index contributed by atoms with van der Waals surface area (Å²) < 4.78 is 27.7. The highest BCUT2D eigenvalue weighted by Crippen LogP contribution is 2.29. The van der Waals surface area contributed by atoms with Gasteiger partial charge in [0.25, 0.3) is 0 Å². The van der Waals surface area contributed by atoms with E-state index in [9.17, 15) is 8.78 Å². The molecule has 3 unspecified atom stereocenters. The van der Waals surface area contributed by atoms with Crippen LogP contribution >= 0.6 is 12.4 Å². The molecule has 1 N–H and O–H groups in total. The SMILES string of the molecule is CC(c1c(F)cccc1F)N1CCC2CCC(C1)N2.Cl. The summed E-state index contributed by atoms with van der Waals surface area (Å²) in [5.41, 5.74) is 0.209. The first kappa shape index (κ1) is 15.7. The van der Waals surface area contributed by atoms with Crippen molar-refractivity contribution in [2.24, 2.45) is 0 Å². The van der Waals surface area contributed by atoms with Gasteiger partial charge in [0.05, 0.1) is 0 Å². The Labute approximate surface area is 124 Å². The van der Waals surface area contributed by atoms with Crippen LogP contribution < -0.4 is 5.32 Å². The minimum absolute atomic E-state index is 0. The van der Waals surface area contributed by atoms with Crippen molar-refractivity contribution in [1.82, 2.24) is 10.2 Å². The molecule has 3 atom stereocenters. The monoisotopic (exact) mass is 302 g/mol. The third-order valence-electron chi connectivity index (χ3n) is 4.52. The third kappa shape index (κ3) is 2.97. The molecule has 112 valence electrons. The number of nitrogens with one attached hydrogen (secondary N) is 1. The van der Waals surface area contributed by atoms with E-state index in [0.717, 1.165) is 19.5 Å². The fourth-order valence-corrected chi connectivity index (χ4v) is 3.41. The van der Waals surface area contributed by atoms with Gasteiger partial charge in [-0.1, -0.05) is 6.07 Å². The van der Waals surface area contributed by atoms with Gasteiger partial charge in [0.15, 0.2) is 0 Å². The summed E-state index contributed by atoms with van der Waals surface area (Å²) in [6.07, 6.45) is 3.48. The highest BCUT2D eigenvalue weighted by molar-refractivity contribution is 5.85. The average Bonchev–Trinajstić information content (AvgIpc) is 2.68. The van der Waals surface area contributed by atoms with E-state index in [1.54, 1.807) is 0 Å². The molecule has 20 heavy (non-hydrogen) atoms. The van der Waals surface area contributed by atoms with Crippen molar-refractivity contribution in [3.63, 3.8) is 0 Å². The summed E-state index contributed by atoms with van der Waals surface area (Å²) in [5.74, 6) is -0.871. The zero-order valence-corrected chi connectivity index (χ0v) is 12.4. The van der Waals surface area contributed by atoms with Gasteiger partial charge in [-0.3, -0.25) is 4.90 Å². The normalized spacial score (nSPS) is 27.8. The lowest BCUT2D eigenvalue weighted by molar-refractivity contribution is 0.192. The second kappa shape index (κ2) is 6.37. The number of halogens is 3. The van der Waals surface area contributed by atoms with Crippen LogP contribution in [0.2, 0.25) is 0 Å². The summed E-state index contributed by atoms with van der Waals surface area (Å²) in [4.78, 5) is 2.21. The lowest BCUT2D eigenvalue weighted by atomic mass is 10.0. The number of rotatable bonds is 2. The van der Waals surface area contributed by atoms with E-state index < -0.39 is 11.6 Å². The quantitative estimate of drug-likeness (QED) is 0.902. The van der Waals surface area contributed by atoms with Crippen molar-refractivity contribution in [3.05, 3.63) is 35.4 Å². The summed E-state index contributed by atoms with van der Waals surface area (Å²) in [5, 5.41) is 3.59. The maximum atomic E-state index is 13.9. The number of fused-ring (bicyclic) bond motifs is 2. The lowest BCUT2D eigenvalue weighted by Crippen LogP contribution is -2.37. The number of nitrogens with zero attached hydrogens (tertiary/aromatic N) is 1. The van der Waals surface area contributed by atoms with E-state index in [-0.39, 0.29) is 24.0 Å². The Morgan fingerprint density at radius 3 is 2.50 bits per heavy atom. The minimum atomic E-state index is -0.435. The number of hydrogen-bond acceptors (Lipinski definition) is 2. The van der Waals surface area contributed by atoms with Crippen LogP contribution in [0.4, 0.5) is 8.78 Å². The van der Waals surface area contributed by atoms with Crippen LogP contribution in [0.3, 0.4) is 0 Å². The Bertz CT molecular complexity index is 449. The Hall–Kier alpha value is -0.710. The molecule has 2 aliphatic heterocycles. The van der Waals surface area contributed by atoms with E-state index >= 15 is 0 Å². The molecule has 0 aliphatic carbocycles. The van der Waals surface area contributed by atoms with Gasteiger partial charge in [0.1, 0.15) is 11.6 Å². The first-order valence-electron chi connectivity index (χ1n) is 7.09. The van der Waals surface area contributed by atoms with Crippen molar-refractivity contribution >= 4 is 12.4 Å². The summed E-state index contributed by atoms with van der Waals surface area (Å²) in [6.45, 7) is 3.69. The predicted molar refractivity (Wildman–Crippen MR) is 78.2 cm³/mol. The molecule has 0 amide bonds. The maximum Gasteiger partial charge on any atom is 0.130 e. The Morgan fingerprint density at radius 1 is 1.15 bits per heavy atom. The van der Waals surface area contributed by atoms with E-state index in [2.05, 4.69) is 10.2 Å². The molecule has 0 aromatic heterocycles. The zero-order chi connectivity index (χ0) is 13.4. The Balaban J connectivity index is 0.00000147. The van der Waals surface area contributed by atoms with Crippen LogP contribution in [0.15, 0.2) is 18.2 Å². The van der Waals surface area contributed by atoms with Gasteiger partial charge in [0.2, 0.25) is 0 Å². The fraction of sp³-hybridized carbons (Fsp3) is 0.600. The van der Waals surface area contributed by atoms with E-state index in [0.29, 0.717) is 12.1 Å². The minimum Gasteiger partial charge on any atom is -0.310 e. The predicted octanol–water partition coefficient (Wildman–Crippen LogP) is 3.27. The van der Waals surface area contributed by atoms with Crippen molar-refractivity contribution in [2.75, 3.05) is 13.1 Å². The van der Waals surface area contributed by atoms with Gasteiger partial charge in [-0.25, -0.2) is 8.78 Å². The molecule has 2 fully saturated rings. The van der Waals surface area contributed by atoms with Crippen molar-refractivity contribution in [2.45, 2.75) is 44.3 Å². The second-order valence-electron chi connectivity index (χ2n) is 5.73. The maximum absolute atomic E-state index is 13.9. The van der Waals surface area contributed by atoms with Gasteiger partial charge < -0.3 is 5.32 Å². The molecule has 0 radical (unpaired) electrons. The van der Waals surface area contributed by atoms with Gasteiger partial charge in [-0.15, -0.1) is 12.4 Å². The van der Waals surface area contributed by atoms with Crippen LogP contribution in [0.5, 0.6) is 0 Å². The smallest absolute Gasteiger partial charge is 0.130 e. The molecule has 1 aromatic rings. The van der Waals surface area contributed by atoms with Crippen LogP contribution in [0.25, 0.3) is 0 Å². The molecular weight excluding hydrogens is 282 g/mol. The zero-order valence-electron chi connectivity index (χ0n) is 11.6. The van der Waals surface area contributed by atoms with E-state index in [1.165, 1.54) is 31.0 Å². The molecule has 0 saturated carbocycles. The van der Waals surface area contributed by atoms with Crippen LogP contribution in [0.1, 0.15) is 37.8 Å². The van der Waals surface area contributed by atoms with E-state index in [4.69, 9.17) is 0 Å². The first-order chi connectivity index (χ1) is 9.15. The topological polar surface area (TPSA) is 15.3 Å². The number of hydrogen-bond donors (Lipinski definition) is 1. The molecule has 5 heteroatoms. The van der Waals surface area contributed by atoms with Crippen LogP contribution in [0, 0.1) is 11.6 Å². The molecule has 2 bridgehead atoms. The molecule has 2 aliphatic rings. The second-order valence-corrected chi connectivity index (χ2v) is 5.73. The van der Waals surface area contributed by atoms with Gasteiger partial charge in [-0.05, 0) is 38.3 Å². The molecular formula is C15H21ClF2N2. The van der Waals surface area contributed by atoms with Gasteiger partial charge in [0, 0.05) is 36.8 Å². The fourth-order valence-electron chi connectivity index (χ4n) is 3.41. The molecule has 1 aromatic carbocycles. The number of likely N-dealkylation sites (tertiary alicyclic amines) is 1. The molecule has 2 heterocycles. The Morgan fingerprint density at radius 2 is 1.80 bits per heavy atom. The first-order valence-corrected chi connectivity index (χ1v) is 7.09. The largest absolute Gasteiger partial charge is 0.310 e. The van der Waals surface area contributed by atoms with Gasteiger partial charge >= 0.3 is 0 Å². The Kier molecular flexibility index (Phi) is 4.99. The van der Waals surface area contributed by atoms with Crippen molar-refractivity contribution < 1.29 is 8.78 Å². The summed E-state index contributed by atoms with van der Waals surface area (Å²) >= 11 is 0. The average molecular weight is 303 g/mol. The highest BCUT2D eigenvalue weighted by Gasteiger charge is 2.32. The van der Waals surface area contributed by atoms with Crippen molar-refractivity contribution in [3.8, 4) is 0 Å². The third-order valence-corrected chi connectivity index (χ3v) is 4.52. The highest BCUT2D eigenvalue weighted by atomic mass is 35.5. The van der Waals surface area contributed by atoms with Crippen LogP contribution in [-0.4, -0.2) is 30.1 Å². The summed E-state index contributed by atoms with van der Waals surface area (Å²) in [7, 11) is 0. The molecule has 0 spiro atoms. The van der Waals surface area contributed by atoms with E-state index in [1.807, 2.05) is 6.92 Å².